The molecule has 2 fully saturated rings. The largest absolute Gasteiger partial charge is 0.393 e. The highest BCUT2D eigenvalue weighted by Gasteiger charge is 2.44. The number of aliphatic hydroxyl groups is 1. The third-order valence-corrected chi connectivity index (χ3v) is 4.07. The Balaban J connectivity index is 1.71. The molecule has 3 atom stereocenters. The molecule has 0 bridgehead atoms. The van der Waals surface area contributed by atoms with E-state index in [1.54, 1.807) is 0 Å². The zero-order chi connectivity index (χ0) is 12.5. The van der Waals surface area contributed by atoms with Crippen molar-refractivity contribution in [3.63, 3.8) is 0 Å². The van der Waals surface area contributed by atoms with Crippen LogP contribution in [0.15, 0.2) is 0 Å². The van der Waals surface area contributed by atoms with Crippen LogP contribution >= 0.6 is 0 Å². The van der Waals surface area contributed by atoms with Gasteiger partial charge in [0.1, 0.15) is 0 Å². The first-order valence-corrected chi connectivity index (χ1v) is 6.92. The monoisotopic (exact) mass is 242 g/mol. The van der Waals surface area contributed by atoms with Crippen LogP contribution in [-0.4, -0.2) is 36.6 Å². The van der Waals surface area contributed by atoms with Crippen LogP contribution in [0.25, 0.3) is 0 Å². The fraction of sp³-hybridized carbons (Fsp3) is 1.00. The Morgan fingerprint density at radius 1 is 1.24 bits per heavy atom. The van der Waals surface area contributed by atoms with Crippen molar-refractivity contribution in [3.8, 4) is 0 Å². The van der Waals surface area contributed by atoms with Crippen LogP contribution in [0.1, 0.15) is 46.5 Å². The summed E-state index contributed by atoms with van der Waals surface area (Å²) in [6, 6.07) is 0. The molecule has 3 heteroatoms. The maximum absolute atomic E-state index is 9.59. The summed E-state index contributed by atoms with van der Waals surface area (Å²) in [5.74, 6) is 0.492. The van der Waals surface area contributed by atoms with Crippen LogP contribution in [0.4, 0.5) is 0 Å². The van der Waals surface area contributed by atoms with Gasteiger partial charge in [-0.1, -0.05) is 6.92 Å². The van der Waals surface area contributed by atoms with E-state index in [4.69, 9.17) is 9.47 Å². The molecule has 17 heavy (non-hydrogen) atoms. The summed E-state index contributed by atoms with van der Waals surface area (Å²) in [6.45, 7) is 7.96. The molecular formula is C14H26O3. The Morgan fingerprint density at radius 2 is 1.94 bits per heavy atom. The van der Waals surface area contributed by atoms with Crippen LogP contribution < -0.4 is 0 Å². The van der Waals surface area contributed by atoms with E-state index < -0.39 is 0 Å². The molecule has 0 aromatic carbocycles. The number of aliphatic hydroxyl groups excluding tert-OH is 1. The van der Waals surface area contributed by atoms with Crippen molar-refractivity contribution >= 4 is 0 Å². The van der Waals surface area contributed by atoms with Gasteiger partial charge in [0.05, 0.1) is 31.5 Å². The maximum atomic E-state index is 9.59. The predicted molar refractivity (Wildman–Crippen MR) is 66.9 cm³/mol. The highest BCUT2D eigenvalue weighted by molar-refractivity contribution is 4.94. The third-order valence-electron chi connectivity index (χ3n) is 4.07. The van der Waals surface area contributed by atoms with Gasteiger partial charge in [0.2, 0.25) is 0 Å². The van der Waals surface area contributed by atoms with Gasteiger partial charge in [0.15, 0.2) is 0 Å². The van der Waals surface area contributed by atoms with Gasteiger partial charge in [-0.25, -0.2) is 0 Å². The summed E-state index contributed by atoms with van der Waals surface area (Å²) in [4.78, 5) is 0. The zero-order valence-corrected chi connectivity index (χ0v) is 11.3. The predicted octanol–water partition coefficient (Wildman–Crippen LogP) is 2.37. The van der Waals surface area contributed by atoms with E-state index in [1.165, 1.54) is 12.8 Å². The van der Waals surface area contributed by atoms with E-state index in [0.29, 0.717) is 12.0 Å². The number of rotatable bonds is 6. The lowest BCUT2D eigenvalue weighted by atomic mass is 10.1. The van der Waals surface area contributed by atoms with E-state index in [1.807, 2.05) is 0 Å². The van der Waals surface area contributed by atoms with Crippen molar-refractivity contribution < 1.29 is 14.6 Å². The van der Waals surface area contributed by atoms with Crippen molar-refractivity contribution in [2.75, 3.05) is 13.2 Å². The second kappa shape index (κ2) is 5.25. The Bertz CT molecular complexity index is 248. The summed E-state index contributed by atoms with van der Waals surface area (Å²) >= 11 is 0. The van der Waals surface area contributed by atoms with E-state index >= 15 is 0 Å². The number of hydrogen-bond donors (Lipinski definition) is 1. The normalized spacial score (nSPS) is 35.5. The quantitative estimate of drug-likeness (QED) is 0.777. The van der Waals surface area contributed by atoms with Gasteiger partial charge in [-0.2, -0.15) is 0 Å². The summed E-state index contributed by atoms with van der Waals surface area (Å²) in [7, 11) is 0. The van der Waals surface area contributed by atoms with Crippen molar-refractivity contribution in [2.24, 2.45) is 11.3 Å². The standard InChI is InChI=1S/C14H26O3/c1-10(2)16-8-14(4-5-14)9-17-13-7-12(15)6-11(13)3/h10-13,15H,4-9H2,1-3H3/t11?,12-,13?/m1/s1. The van der Waals surface area contributed by atoms with Gasteiger partial charge in [-0.15, -0.1) is 0 Å². The van der Waals surface area contributed by atoms with Crippen molar-refractivity contribution in [1.82, 2.24) is 0 Å². The molecule has 0 radical (unpaired) electrons. The van der Waals surface area contributed by atoms with Gasteiger partial charge in [-0.3, -0.25) is 0 Å². The van der Waals surface area contributed by atoms with Gasteiger partial charge in [-0.05, 0) is 45.4 Å². The minimum atomic E-state index is -0.155. The summed E-state index contributed by atoms with van der Waals surface area (Å²) < 4.78 is 11.7. The lowest BCUT2D eigenvalue weighted by Crippen LogP contribution is -2.25. The molecule has 2 saturated carbocycles. The summed E-state index contributed by atoms with van der Waals surface area (Å²) in [5, 5.41) is 9.59. The molecule has 2 unspecified atom stereocenters. The molecule has 0 spiro atoms. The molecule has 2 aliphatic carbocycles. The van der Waals surface area contributed by atoms with Crippen molar-refractivity contribution in [2.45, 2.75) is 64.8 Å². The van der Waals surface area contributed by atoms with E-state index in [0.717, 1.165) is 26.1 Å². The van der Waals surface area contributed by atoms with E-state index in [-0.39, 0.29) is 17.6 Å². The molecule has 0 aliphatic heterocycles. The molecule has 3 nitrogen and oxygen atoms in total. The lowest BCUT2D eigenvalue weighted by molar-refractivity contribution is -0.0344. The molecule has 100 valence electrons. The van der Waals surface area contributed by atoms with Crippen LogP contribution in [0, 0.1) is 11.3 Å². The van der Waals surface area contributed by atoms with E-state index in [2.05, 4.69) is 20.8 Å². The Hall–Kier alpha value is -0.120. The first-order valence-electron chi connectivity index (χ1n) is 6.92. The molecule has 0 saturated heterocycles. The Morgan fingerprint density at radius 3 is 2.41 bits per heavy atom. The SMILES string of the molecule is CC(C)OCC1(COC2C[C@H](O)CC2C)CC1. The molecule has 0 aromatic rings. The highest BCUT2D eigenvalue weighted by Crippen LogP contribution is 2.47. The minimum Gasteiger partial charge on any atom is -0.393 e. The first kappa shape index (κ1) is 13.3. The smallest absolute Gasteiger partial charge is 0.0626 e. The second-order valence-corrected chi connectivity index (χ2v) is 6.31. The average molecular weight is 242 g/mol. The van der Waals surface area contributed by atoms with Gasteiger partial charge in [0, 0.05) is 5.41 Å². The molecule has 2 aliphatic rings. The van der Waals surface area contributed by atoms with Gasteiger partial charge < -0.3 is 14.6 Å². The molecular weight excluding hydrogens is 216 g/mol. The summed E-state index contributed by atoms with van der Waals surface area (Å²) in [6.07, 6.45) is 4.55. The summed E-state index contributed by atoms with van der Waals surface area (Å²) in [5.41, 5.74) is 0.289. The number of hydrogen-bond acceptors (Lipinski definition) is 3. The Labute approximate surface area is 104 Å². The van der Waals surface area contributed by atoms with Crippen molar-refractivity contribution in [3.05, 3.63) is 0 Å². The fourth-order valence-corrected chi connectivity index (χ4v) is 2.54. The highest BCUT2D eigenvalue weighted by atomic mass is 16.5. The maximum Gasteiger partial charge on any atom is 0.0626 e. The molecule has 1 N–H and O–H groups in total. The number of ether oxygens (including phenoxy) is 2. The molecule has 0 aromatic heterocycles. The first-order chi connectivity index (χ1) is 8.01. The van der Waals surface area contributed by atoms with Crippen LogP contribution in [-0.2, 0) is 9.47 Å². The average Bonchev–Trinajstić information content (AvgIpc) is 2.95. The molecule has 0 amide bonds. The van der Waals surface area contributed by atoms with Gasteiger partial charge in [0.25, 0.3) is 0 Å². The fourth-order valence-electron chi connectivity index (χ4n) is 2.54. The minimum absolute atomic E-state index is 0.155. The van der Waals surface area contributed by atoms with Crippen LogP contribution in [0.5, 0.6) is 0 Å². The molecule has 0 heterocycles. The third kappa shape index (κ3) is 3.67. The Kier molecular flexibility index (Phi) is 4.11. The molecule has 2 rings (SSSR count). The van der Waals surface area contributed by atoms with Crippen LogP contribution in [0.3, 0.4) is 0 Å². The van der Waals surface area contributed by atoms with Crippen LogP contribution in [0.2, 0.25) is 0 Å². The van der Waals surface area contributed by atoms with E-state index in [9.17, 15) is 5.11 Å². The second-order valence-electron chi connectivity index (χ2n) is 6.31. The van der Waals surface area contributed by atoms with Crippen molar-refractivity contribution in [1.29, 1.82) is 0 Å². The lowest BCUT2D eigenvalue weighted by Gasteiger charge is -2.22. The van der Waals surface area contributed by atoms with Gasteiger partial charge >= 0.3 is 0 Å². The topological polar surface area (TPSA) is 38.7 Å². The zero-order valence-electron chi connectivity index (χ0n) is 11.3.